The van der Waals surface area contributed by atoms with Crippen molar-refractivity contribution >= 4 is 31.4 Å². The Morgan fingerprint density at radius 1 is 1.14 bits per heavy atom. The van der Waals surface area contributed by atoms with Gasteiger partial charge in [0, 0.05) is 12.2 Å². The lowest BCUT2D eigenvalue weighted by molar-refractivity contribution is 0.331. The number of anilines is 2. The van der Waals surface area contributed by atoms with Gasteiger partial charge in [-0.3, -0.25) is 9.03 Å². The quantitative estimate of drug-likeness (QED) is 0.769. The third kappa shape index (κ3) is 4.41. The van der Waals surface area contributed by atoms with E-state index in [-0.39, 0.29) is 23.0 Å². The molecular formula is C19H24N2O5S2. The molecule has 9 heteroatoms. The number of hydrogen-bond donors (Lipinski definition) is 1. The standard InChI is InChI=1S/C19H24N2O5S2/c1-3-26-18-10-9-17(21-11-4-5-12-27(21,22)23)14-19(18)28(24,25)20-16-8-6-7-15(2)13-16/h6-10,13-14,20H,3-5,11-12H2,1-2H3. The summed E-state index contributed by atoms with van der Waals surface area (Å²) < 4.78 is 60.2. The van der Waals surface area contributed by atoms with Crippen LogP contribution in [0.4, 0.5) is 11.4 Å². The SMILES string of the molecule is CCOc1ccc(N2CCCCS2(=O)=O)cc1S(=O)(=O)Nc1cccc(C)c1. The van der Waals surface area contributed by atoms with E-state index in [1.54, 1.807) is 31.2 Å². The van der Waals surface area contributed by atoms with E-state index in [2.05, 4.69) is 4.72 Å². The van der Waals surface area contributed by atoms with Gasteiger partial charge in [0.1, 0.15) is 10.6 Å². The first-order valence-electron chi connectivity index (χ1n) is 9.10. The maximum atomic E-state index is 13.0. The predicted octanol–water partition coefficient (Wildman–Crippen LogP) is 3.12. The summed E-state index contributed by atoms with van der Waals surface area (Å²) in [6.45, 7) is 4.24. The number of aryl methyl sites for hydroxylation is 1. The van der Waals surface area contributed by atoms with Gasteiger partial charge in [0.15, 0.2) is 0 Å². The molecule has 1 fully saturated rings. The van der Waals surface area contributed by atoms with E-state index in [0.29, 0.717) is 24.3 Å². The van der Waals surface area contributed by atoms with Crippen molar-refractivity contribution in [1.29, 1.82) is 0 Å². The van der Waals surface area contributed by atoms with Crippen LogP contribution in [-0.2, 0) is 20.0 Å². The number of hydrogen-bond acceptors (Lipinski definition) is 5. The molecule has 0 radical (unpaired) electrons. The van der Waals surface area contributed by atoms with Crippen molar-refractivity contribution in [2.45, 2.75) is 31.6 Å². The molecule has 0 aliphatic carbocycles. The van der Waals surface area contributed by atoms with Gasteiger partial charge in [-0.05, 0) is 62.6 Å². The largest absolute Gasteiger partial charge is 0.492 e. The summed E-state index contributed by atoms with van der Waals surface area (Å²) in [7, 11) is -7.43. The fourth-order valence-corrected chi connectivity index (χ4v) is 5.98. The van der Waals surface area contributed by atoms with E-state index in [0.717, 1.165) is 12.0 Å². The van der Waals surface area contributed by atoms with E-state index in [9.17, 15) is 16.8 Å². The zero-order chi connectivity index (χ0) is 20.4. The van der Waals surface area contributed by atoms with Gasteiger partial charge in [-0.2, -0.15) is 0 Å². The van der Waals surface area contributed by atoms with Gasteiger partial charge in [-0.25, -0.2) is 16.8 Å². The molecule has 1 aliphatic rings. The number of nitrogens with zero attached hydrogens (tertiary/aromatic N) is 1. The molecular weight excluding hydrogens is 400 g/mol. The monoisotopic (exact) mass is 424 g/mol. The first kappa shape index (κ1) is 20.5. The summed E-state index contributed by atoms with van der Waals surface area (Å²) in [6, 6.07) is 11.5. The number of benzene rings is 2. The molecule has 0 unspecified atom stereocenters. The van der Waals surface area contributed by atoms with Crippen molar-refractivity contribution in [3.05, 3.63) is 48.0 Å². The Morgan fingerprint density at radius 2 is 1.93 bits per heavy atom. The van der Waals surface area contributed by atoms with E-state index >= 15 is 0 Å². The second-order valence-corrected chi connectivity index (χ2v) is 10.3. The Balaban J connectivity index is 2.04. The molecule has 0 atom stereocenters. The van der Waals surface area contributed by atoms with E-state index < -0.39 is 20.0 Å². The Kier molecular flexibility index (Phi) is 5.85. The highest BCUT2D eigenvalue weighted by molar-refractivity contribution is 7.93. The van der Waals surface area contributed by atoms with Crippen LogP contribution in [0.5, 0.6) is 5.75 Å². The molecule has 1 aliphatic heterocycles. The highest BCUT2D eigenvalue weighted by atomic mass is 32.2. The van der Waals surface area contributed by atoms with Crippen LogP contribution in [0.2, 0.25) is 0 Å². The fourth-order valence-electron chi connectivity index (χ4n) is 3.13. The van der Waals surface area contributed by atoms with Gasteiger partial charge in [0.05, 0.1) is 18.0 Å². The molecule has 2 aromatic carbocycles. The summed E-state index contributed by atoms with van der Waals surface area (Å²) in [4.78, 5) is -0.0888. The molecule has 0 saturated carbocycles. The van der Waals surface area contributed by atoms with Crippen molar-refractivity contribution < 1.29 is 21.6 Å². The average molecular weight is 425 g/mol. The van der Waals surface area contributed by atoms with Gasteiger partial charge < -0.3 is 4.74 Å². The summed E-state index contributed by atoms with van der Waals surface area (Å²) in [5.41, 5.74) is 1.67. The van der Waals surface area contributed by atoms with Gasteiger partial charge >= 0.3 is 0 Å². The Labute approximate surface area is 166 Å². The van der Waals surface area contributed by atoms with Crippen LogP contribution in [0.1, 0.15) is 25.3 Å². The molecule has 2 aromatic rings. The first-order valence-corrected chi connectivity index (χ1v) is 12.2. The lowest BCUT2D eigenvalue weighted by Crippen LogP contribution is -2.37. The molecule has 28 heavy (non-hydrogen) atoms. The van der Waals surface area contributed by atoms with Crippen molar-refractivity contribution in [2.75, 3.05) is 27.9 Å². The molecule has 0 spiro atoms. The number of nitrogens with one attached hydrogen (secondary N) is 1. The maximum absolute atomic E-state index is 13.0. The average Bonchev–Trinajstić information content (AvgIpc) is 2.62. The highest BCUT2D eigenvalue weighted by Crippen LogP contribution is 2.33. The molecule has 1 heterocycles. The summed E-state index contributed by atoms with van der Waals surface area (Å²) in [5, 5.41) is 0. The van der Waals surface area contributed by atoms with Gasteiger partial charge in [0.25, 0.3) is 10.0 Å². The van der Waals surface area contributed by atoms with Crippen LogP contribution in [0.25, 0.3) is 0 Å². The van der Waals surface area contributed by atoms with Crippen LogP contribution in [0, 0.1) is 6.92 Å². The molecule has 0 amide bonds. The normalized spacial score (nSPS) is 16.6. The number of sulfonamides is 2. The van der Waals surface area contributed by atoms with E-state index in [4.69, 9.17) is 4.74 Å². The smallest absolute Gasteiger partial charge is 0.265 e. The van der Waals surface area contributed by atoms with Crippen molar-refractivity contribution in [2.24, 2.45) is 0 Å². The van der Waals surface area contributed by atoms with Crippen molar-refractivity contribution in [3.8, 4) is 5.75 Å². The Bertz CT molecular complexity index is 1070. The Hall–Kier alpha value is -2.26. The highest BCUT2D eigenvalue weighted by Gasteiger charge is 2.28. The van der Waals surface area contributed by atoms with Crippen LogP contribution < -0.4 is 13.8 Å². The van der Waals surface area contributed by atoms with Gasteiger partial charge in [-0.1, -0.05) is 12.1 Å². The van der Waals surface area contributed by atoms with Crippen LogP contribution >= 0.6 is 0 Å². The summed E-state index contributed by atoms with van der Waals surface area (Å²) >= 11 is 0. The molecule has 0 bridgehead atoms. The van der Waals surface area contributed by atoms with E-state index in [1.165, 1.54) is 16.4 Å². The lowest BCUT2D eigenvalue weighted by Gasteiger charge is -2.28. The van der Waals surface area contributed by atoms with Crippen molar-refractivity contribution in [3.63, 3.8) is 0 Å². The van der Waals surface area contributed by atoms with Crippen molar-refractivity contribution in [1.82, 2.24) is 0 Å². The maximum Gasteiger partial charge on any atom is 0.265 e. The minimum absolute atomic E-state index is 0.0594. The first-order chi connectivity index (χ1) is 13.2. The lowest BCUT2D eigenvalue weighted by atomic mass is 10.2. The molecule has 1 saturated heterocycles. The summed E-state index contributed by atoms with van der Waals surface area (Å²) in [5.74, 6) is 0.241. The van der Waals surface area contributed by atoms with Gasteiger partial charge in [0.2, 0.25) is 10.0 Å². The molecule has 0 aromatic heterocycles. The minimum atomic E-state index is -3.98. The third-order valence-corrected chi connectivity index (χ3v) is 7.70. The molecule has 7 nitrogen and oxygen atoms in total. The fraction of sp³-hybridized carbons (Fsp3) is 0.368. The second-order valence-electron chi connectivity index (χ2n) is 6.63. The van der Waals surface area contributed by atoms with Gasteiger partial charge in [-0.15, -0.1) is 0 Å². The zero-order valence-electron chi connectivity index (χ0n) is 15.9. The van der Waals surface area contributed by atoms with Crippen LogP contribution in [-0.4, -0.2) is 35.7 Å². The second kappa shape index (κ2) is 8.00. The number of rotatable bonds is 6. The number of ether oxygens (including phenoxy) is 1. The zero-order valence-corrected chi connectivity index (χ0v) is 17.5. The third-order valence-electron chi connectivity index (χ3n) is 4.42. The molecule has 152 valence electrons. The molecule has 1 N–H and O–H groups in total. The Morgan fingerprint density at radius 3 is 2.61 bits per heavy atom. The molecule has 3 rings (SSSR count). The minimum Gasteiger partial charge on any atom is -0.492 e. The predicted molar refractivity (Wildman–Crippen MR) is 110 cm³/mol. The topological polar surface area (TPSA) is 92.8 Å². The van der Waals surface area contributed by atoms with Crippen LogP contribution in [0.15, 0.2) is 47.4 Å². The van der Waals surface area contributed by atoms with E-state index in [1.807, 2.05) is 13.0 Å². The summed E-state index contributed by atoms with van der Waals surface area (Å²) in [6.07, 6.45) is 1.34. The van der Waals surface area contributed by atoms with Crippen LogP contribution in [0.3, 0.4) is 0 Å².